The van der Waals surface area contributed by atoms with E-state index in [1.807, 2.05) is 32.2 Å². The molecule has 134 valence electrons. The van der Waals surface area contributed by atoms with Gasteiger partial charge in [0.1, 0.15) is 0 Å². The predicted molar refractivity (Wildman–Crippen MR) is 102 cm³/mol. The third kappa shape index (κ3) is 3.68. The molecule has 0 bridgehead atoms. The minimum Gasteiger partial charge on any atom is -0.465 e. The average molecular weight is 350 g/mol. The van der Waals surface area contributed by atoms with Crippen LogP contribution in [0.1, 0.15) is 27.2 Å². The van der Waals surface area contributed by atoms with Gasteiger partial charge in [0.15, 0.2) is 5.43 Å². The molecule has 0 atom stereocenters. The highest BCUT2D eigenvalue weighted by Crippen LogP contribution is 2.16. The van der Waals surface area contributed by atoms with Crippen LogP contribution in [-0.2, 0) is 17.8 Å². The molecule has 1 aromatic heterocycles. The number of nitrogens with one attached hydrogen (secondary N) is 1. The number of aromatic nitrogens is 1. The summed E-state index contributed by atoms with van der Waals surface area (Å²) in [5.41, 5.74) is 3.78. The summed E-state index contributed by atoms with van der Waals surface area (Å²) < 4.78 is 4.75. The maximum absolute atomic E-state index is 13.0. The number of aryl methyl sites for hydroxylation is 1. The van der Waals surface area contributed by atoms with Crippen LogP contribution in [-0.4, -0.2) is 30.0 Å². The average Bonchev–Trinajstić information content (AvgIpc) is 2.65. The van der Waals surface area contributed by atoms with Crippen LogP contribution in [0.4, 0.5) is 0 Å². The minimum atomic E-state index is -0.449. The molecule has 0 spiro atoms. The van der Waals surface area contributed by atoms with E-state index in [1.165, 1.54) is 12.7 Å². The summed E-state index contributed by atoms with van der Waals surface area (Å²) in [6.45, 7) is 3.18. The van der Waals surface area contributed by atoms with E-state index in [4.69, 9.17) is 4.74 Å². The number of pyridine rings is 1. The number of carbonyl (C=O) groups is 1. The third-order valence-electron chi connectivity index (χ3n) is 4.46. The topological polar surface area (TPSA) is 62.4 Å². The molecule has 0 aliphatic carbocycles. The molecule has 0 aliphatic rings. The van der Waals surface area contributed by atoms with Gasteiger partial charge < -0.3 is 9.72 Å². The summed E-state index contributed by atoms with van der Waals surface area (Å²) in [5.74, 6) is -0.449. The molecule has 0 radical (unpaired) electrons. The van der Waals surface area contributed by atoms with Crippen LogP contribution in [0, 0.1) is 6.92 Å². The molecule has 0 amide bonds. The Bertz CT molecular complexity index is 993. The quantitative estimate of drug-likeness (QED) is 0.718. The summed E-state index contributed by atoms with van der Waals surface area (Å²) in [7, 11) is 3.32. The zero-order valence-electron chi connectivity index (χ0n) is 15.2. The second-order valence-corrected chi connectivity index (χ2v) is 6.47. The molecule has 0 saturated heterocycles. The highest BCUT2D eigenvalue weighted by molar-refractivity contribution is 5.94. The first-order valence-electron chi connectivity index (χ1n) is 8.46. The number of methoxy groups -OCH3 is 1. The van der Waals surface area contributed by atoms with Gasteiger partial charge in [-0.25, -0.2) is 4.79 Å². The van der Waals surface area contributed by atoms with E-state index in [1.54, 1.807) is 18.2 Å². The van der Waals surface area contributed by atoms with Crippen molar-refractivity contribution in [2.45, 2.75) is 20.0 Å². The number of benzene rings is 2. The summed E-state index contributed by atoms with van der Waals surface area (Å²) in [4.78, 5) is 30.1. The zero-order valence-corrected chi connectivity index (χ0v) is 15.2. The maximum Gasteiger partial charge on any atom is 0.337 e. The SMILES string of the molecule is COC(=O)c1ccc2[nH]c(C)c(CN(C)Cc3ccccc3)c(=O)c2c1. The first-order chi connectivity index (χ1) is 12.5. The first kappa shape index (κ1) is 17.9. The summed E-state index contributed by atoms with van der Waals surface area (Å²) in [6, 6.07) is 15.1. The van der Waals surface area contributed by atoms with Crippen molar-refractivity contribution < 1.29 is 9.53 Å². The number of H-pyrrole nitrogens is 1. The molecule has 2 aromatic carbocycles. The van der Waals surface area contributed by atoms with Gasteiger partial charge in [0, 0.05) is 35.2 Å². The van der Waals surface area contributed by atoms with Gasteiger partial charge in [-0.05, 0) is 37.7 Å². The van der Waals surface area contributed by atoms with Crippen molar-refractivity contribution in [2.75, 3.05) is 14.2 Å². The fourth-order valence-corrected chi connectivity index (χ4v) is 3.11. The standard InChI is InChI=1S/C21H22N2O3/c1-14-18(13-23(2)12-15-7-5-4-6-8-15)20(24)17-11-16(21(25)26-3)9-10-19(17)22-14/h4-11H,12-13H2,1-3H3,(H,22,24). The Morgan fingerprint density at radius 3 is 2.54 bits per heavy atom. The Morgan fingerprint density at radius 2 is 1.85 bits per heavy atom. The highest BCUT2D eigenvalue weighted by Gasteiger charge is 2.14. The van der Waals surface area contributed by atoms with Gasteiger partial charge in [0.25, 0.3) is 0 Å². The lowest BCUT2D eigenvalue weighted by molar-refractivity contribution is 0.0601. The lowest BCUT2D eigenvalue weighted by atomic mass is 10.1. The van der Waals surface area contributed by atoms with E-state index in [0.29, 0.717) is 23.1 Å². The van der Waals surface area contributed by atoms with E-state index in [-0.39, 0.29) is 5.43 Å². The number of carbonyl (C=O) groups excluding carboxylic acids is 1. The summed E-state index contributed by atoms with van der Waals surface area (Å²) >= 11 is 0. The molecule has 5 heteroatoms. The monoisotopic (exact) mass is 350 g/mol. The molecule has 3 aromatic rings. The van der Waals surface area contributed by atoms with Gasteiger partial charge in [-0.15, -0.1) is 0 Å². The molecule has 1 heterocycles. The van der Waals surface area contributed by atoms with Crippen molar-refractivity contribution in [3.05, 3.63) is 81.1 Å². The number of aromatic amines is 1. The number of esters is 1. The Morgan fingerprint density at radius 1 is 1.12 bits per heavy atom. The van der Waals surface area contributed by atoms with Crippen LogP contribution in [0.5, 0.6) is 0 Å². The molecule has 0 saturated carbocycles. The fourth-order valence-electron chi connectivity index (χ4n) is 3.11. The largest absolute Gasteiger partial charge is 0.465 e. The normalized spacial score (nSPS) is 11.1. The second-order valence-electron chi connectivity index (χ2n) is 6.47. The van der Waals surface area contributed by atoms with Crippen LogP contribution in [0.3, 0.4) is 0 Å². The molecule has 5 nitrogen and oxygen atoms in total. The van der Waals surface area contributed by atoms with Gasteiger partial charge in [-0.1, -0.05) is 30.3 Å². The van der Waals surface area contributed by atoms with Crippen molar-refractivity contribution in [1.29, 1.82) is 0 Å². The molecule has 0 unspecified atom stereocenters. The van der Waals surface area contributed by atoms with Gasteiger partial charge in [0.2, 0.25) is 0 Å². The van der Waals surface area contributed by atoms with E-state index < -0.39 is 5.97 Å². The van der Waals surface area contributed by atoms with E-state index in [9.17, 15) is 9.59 Å². The first-order valence-corrected chi connectivity index (χ1v) is 8.46. The second kappa shape index (κ2) is 7.54. The fraction of sp³-hybridized carbons (Fsp3) is 0.238. The molecule has 0 fully saturated rings. The van der Waals surface area contributed by atoms with Crippen molar-refractivity contribution in [2.24, 2.45) is 0 Å². The number of rotatable bonds is 5. The van der Waals surface area contributed by atoms with Crippen LogP contribution >= 0.6 is 0 Å². The van der Waals surface area contributed by atoms with Crippen LogP contribution < -0.4 is 5.43 Å². The Hall–Kier alpha value is -2.92. The Balaban J connectivity index is 1.94. The molecule has 1 N–H and O–H groups in total. The van der Waals surface area contributed by atoms with Gasteiger partial charge in [-0.2, -0.15) is 0 Å². The Labute approximate surface area is 152 Å². The van der Waals surface area contributed by atoms with Gasteiger partial charge >= 0.3 is 5.97 Å². The molecular formula is C21H22N2O3. The van der Waals surface area contributed by atoms with Crippen molar-refractivity contribution in [3.63, 3.8) is 0 Å². The van der Waals surface area contributed by atoms with E-state index >= 15 is 0 Å². The van der Waals surface area contributed by atoms with Crippen molar-refractivity contribution in [3.8, 4) is 0 Å². The Kier molecular flexibility index (Phi) is 5.19. The molecule has 3 rings (SSSR count). The van der Waals surface area contributed by atoms with E-state index in [2.05, 4.69) is 22.0 Å². The summed E-state index contributed by atoms with van der Waals surface area (Å²) in [6.07, 6.45) is 0. The number of fused-ring (bicyclic) bond motifs is 1. The number of hydrogen-bond acceptors (Lipinski definition) is 4. The lowest BCUT2D eigenvalue weighted by Gasteiger charge is -2.18. The number of hydrogen-bond donors (Lipinski definition) is 1. The van der Waals surface area contributed by atoms with Crippen molar-refractivity contribution in [1.82, 2.24) is 9.88 Å². The van der Waals surface area contributed by atoms with Crippen LogP contribution in [0.2, 0.25) is 0 Å². The maximum atomic E-state index is 13.0. The third-order valence-corrected chi connectivity index (χ3v) is 4.46. The highest BCUT2D eigenvalue weighted by atomic mass is 16.5. The zero-order chi connectivity index (χ0) is 18.7. The summed E-state index contributed by atoms with van der Waals surface area (Å²) in [5, 5.41) is 0.501. The van der Waals surface area contributed by atoms with Crippen LogP contribution in [0.25, 0.3) is 10.9 Å². The van der Waals surface area contributed by atoms with Gasteiger partial charge in [0.05, 0.1) is 12.7 Å². The molecular weight excluding hydrogens is 328 g/mol. The lowest BCUT2D eigenvalue weighted by Crippen LogP contribution is -2.24. The van der Waals surface area contributed by atoms with Gasteiger partial charge in [-0.3, -0.25) is 9.69 Å². The van der Waals surface area contributed by atoms with Crippen LogP contribution in [0.15, 0.2) is 53.3 Å². The molecule has 0 aliphatic heterocycles. The smallest absolute Gasteiger partial charge is 0.337 e. The minimum absolute atomic E-state index is 0.0538. The molecule has 26 heavy (non-hydrogen) atoms. The van der Waals surface area contributed by atoms with Crippen molar-refractivity contribution >= 4 is 16.9 Å². The predicted octanol–water partition coefficient (Wildman–Crippen LogP) is 3.26. The number of ether oxygens (including phenoxy) is 1. The number of nitrogens with zero attached hydrogens (tertiary/aromatic N) is 1. The van der Waals surface area contributed by atoms with E-state index in [0.717, 1.165) is 17.8 Å².